The smallest absolute Gasteiger partial charge is 0.255 e. The standard InChI is InChI=1S/C29H36N4O3/c1-21(2)18-28(34)33-15-9-14-31(3)16-17-32(20-22-10-5-8-13-26(22)33)29(35)24-19-27(36-4)30-25-12-7-6-11-23(24)25/h5-8,10-13,19,21H,9,14-18,20H2,1-4H3. The summed E-state index contributed by atoms with van der Waals surface area (Å²) in [5.74, 6) is 0.743. The molecule has 7 heteroatoms. The molecule has 190 valence electrons. The molecular weight excluding hydrogens is 452 g/mol. The third kappa shape index (κ3) is 5.85. The highest BCUT2D eigenvalue weighted by Crippen LogP contribution is 2.28. The van der Waals surface area contributed by atoms with Crippen molar-refractivity contribution in [2.24, 2.45) is 5.92 Å². The van der Waals surface area contributed by atoms with Crippen LogP contribution in [0.2, 0.25) is 0 Å². The van der Waals surface area contributed by atoms with Gasteiger partial charge in [0.05, 0.1) is 18.2 Å². The Morgan fingerprint density at radius 1 is 1.00 bits per heavy atom. The van der Waals surface area contributed by atoms with Crippen LogP contribution >= 0.6 is 0 Å². The van der Waals surface area contributed by atoms with E-state index in [1.165, 1.54) is 0 Å². The van der Waals surface area contributed by atoms with Gasteiger partial charge in [0.25, 0.3) is 5.91 Å². The average Bonchev–Trinajstić information content (AvgIpc) is 2.90. The predicted molar refractivity (Wildman–Crippen MR) is 143 cm³/mol. The summed E-state index contributed by atoms with van der Waals surface area (Å²) in [5.41, 5.74) is 3.15. The highest BCUT2D eigenvalue weighted by molar-refractivity contribution is 6.06. The van der Waals surface area contributed by atoms with Crippen LogP contribution < -0.4 is 9.64 Å². The van der Waals surface area contributed by atoms with Crippen molar-refractivity contribution >= 4 is 28.4 Å². The molecular formula is C29H36N4O3. The van der Waals surface area contributed by atoms with Crippen LogP contribution in [-0.2, 0) is 11.3 Å². The number of anilines is 1. The molecule has 0 atom stereocenters. The second kappa shape index (κ2) is 11.5. The summed E-state index contributed by atoms with van der Waals surface area (Å²) in [5, 5.41) is 0.799. The van der Waals surface area contributed by atoms with Gasteiger partial charge in [0.1, 0.15) is 0 Å². The Morgan fingerprint density at radius 3 is 2.53 bits per heavy atom. The van der Waals surface area contributed by atoms with E-state index in [1.54, 1.807) is 13.2 Å². The second-order valence-electron chi connectivity index (χ2n) is 9.88. The van der Waals surface area contributed by atoms with Gasteiger partial charge in [0, 0.05) is 49.7 Å². The van der Waals surface area contributed by atoms with Crippen molar-refractivity contribution in [3.05, 3.63) is 65.7 Å². The van der Waals surface area contributed by atoms with Crippen molar-refractivity contribution in [2.75, 3.05) is 45.2 Å². The summed E-state index contributed by atoms with van der Waals surface area (Å²) in [6.45, 7) is 7.37. The van der Waals surface area contributed by atoms with E-state index in [0.29, 0.717) is 37.5 Å². The first-order valence-electron chi connectivity index (χ1n) is 12.7. The number of amides is 2. The number of likely N-dealkylation sites (N-methyl/N-ethyl adjacent to an activating group) is 1. The van der Waals surface area contributed by atoms with Crippen molar-refractivity contribution in [1.29, 1.82) is 0 Å². The molecule has 2 aromatic carbocycles. The predicted octanol–water partition coefficient (Wildman–Crippen LogP) is 4.60. The van der Waals surface area contributed by atoms with Crippen LogP contribution in [0.15, 0.2) is 54.6 Å². The molecule has 0 spiro atoms. The Kier molecular flexibility index (Phi) is 8.21. The monoisotopic (exact) mass is 488 g/mol. The number of pyridine rings is 1. The Morgan fingerprint density at radius 2 is 1.75 bits per heavy atom. The SMILES string of the molecule is COc1cc(C(=O)N2CCN(C)CCCN(C(=O)CC(C)C)c3ccccc3C2)c2ccccc2n1. The molecule has 0 unspecified atom stereocenters. The van der Waals surface area contributed by atoms with E-state index in [-0.39, 0.29) is 17.7 Å². The van der Waals surface area contributed by atoms with Gasteiger partial charge in [-0.3, -0.25) is 9.59 Å². The number of nitrogens with zero attached hydrogens (tertiary/aromatic N) is 4. The molecule has 36 heavy (non-hydrogen) atoms. The molecule has 0 fully saturated rings. The fraction of sp³-hybridized carbons (Fsp3) is 0.414. The number of benzene rings is 2. The summed E-state index contributed by atoms with van der Waals surface area (Å²) in [7, 11) is 3.63. The van der Waals surface area contributed by atoms with E-state index in [9.17, 15) is 9.59 Å². The lowest BCUT2D eigenvalue weighted by Crippen LogP contribution is -2.37. The molecule has 1 aliphatic rings. The number of carbonyl (C=O) groups excluding carboxylic acids is 2. The molecule has 3 aromatic rings. The van der Waals surface area contributed by atoms with Crippen LogP contribution in [0.3, 0.4) is 0 Å². The van der Waals surface area contributed by atoms with E-state index < -0.39 is 0 Å². The first-order valence-corrected chi connectivity index (χ1v) is 12.7. The van der Waals surface area contributed by atoms with Crippen molar-refractivity contribution in [1.82, 2.24) is 14.8 Å². The van der Waals surface area contributed by atoms with Crippen molar-refractivity contribution < 1.29 is 14.3 Å². The van der Waals surface area contributed by atoms with Crippen LogP contribution in [0.4, 0.5) is 5.69 Å². The fourth-order valence-corrected chi connectivity index (χ4v) is 4.71. The molecule has 0 saturated heterocycles. The minimum atomic E-state index is -0.0746. The van der Waals surface area contributed by atoms with Crippen LogP contribution in [-0.4, -0.2) is 66.9 Å². The van der Waals surface area contributed by atoms with Crippen LogP contribution in [0.5, 0.6) is 5.88 Å². The largest absolute Gasteiger partial charge is 0.481 e. The van der Waals surface area contributed by atoms with E-state index in [0.717, 1.165) is 41.7 Å². The van der Waals surface area contributed by atoms with Gasteiger partial charge in [0.15, 0.2) is 0 Å². The zero-order chi connectivity index (χ0) is 25.7. The first kappa shape index (κ1) is 25.6. The molecule has 2 heterocycles. The van der Waals surface area contributed by atoms with Gasteiger partial charge in [-0.15, -0.1) is 0 Å². The molecule has 0 aliphatic carbocycles. The molecule has 0 N–H and O–H groups in total. The molecule has 0 bridgehead atoms. The fourth-order valence-electron chi connectivity index (χ4n) is 4.71. The van der Waals surface area contributed by atoms with E-state index in [4.69, 9.17) is 4.74 Å². The van der Waals surface area contributed by atoms with Crippen molar-refractivity contribution in [3.63, 3.8) is 0 Å². The number of carbonyl (C=O) groups is 2. The van der Waals surface area contributed by atoms with E-state index in [1.807, 2.05) is 58.3 Å². The Balaban J connectivity index is 1.75. The highest BCUT2D eigenvalue weighted by atomic mass is 16.5. The number of hydrogen-bond acceptors (Lipinski definition) is 5. The summed E-state index contributed by atoms with van der Waals surface area (Å²) in [6.07, 6.45) is 1.37. The van der Waals surface area contributed by atoms with Gasteiger partial charge >= 0.3 is 0 Å². The second-order valence-corrected chi connectivity index (χ2v) is 9.88. The number of hydrogen-bond donors (Lipinski definition) is 0. The molecule has 0 saturated carbocycles. The van der Waals surface area contributed by atoms with E-state index in [2.05, 4.69) is 30.8 Å². The molecule has 4 rings (SSSR count). The summed E-state index contributed by atoms with van der Waals surface area (Å²) in [6, 6.07) is 17.3. The van der Waals surface area contributed by atoms with Gasteiger partial charge in [-0.2, -0.15) is 0 Å². The summed E-state index contributed by atoms with van der Waals surface area (Å²) < 4.78 is 5.41. The van der Waals surface area contributed by atoms with Crippen LogP contribution in [0.25, 0.3) is 10.9 Å². The lowest BCUT2D eigenvalue weighted by molar-refractivity contribution is -0.119. The van der Waals surface area contributed by atoms with Gasteiger partial charge in [-0.1, -0.05) is 50.2 Å². The number of methoxy groups -OCH3 is 1. The van der Waals surface area contributed by atoms with Gasteiger partial charge < -0.3 is 19.4 Å². The number of ether oxygens (including phenoxy) is 1. The third-order valence-corrected chi connectivity index (χ3v) is 6.62. The summed E-state index contributed by atoms with van der Waals surface area (Å²) in [4.78, 5) is 37.9. The Hall–Kier alpha value is -3.45. The molecule has 1 aromatic heterocycles. The number of aromatic nitrogens is 1. The van der Waals surface area contributed by atoms with E-state index >= 15 is 0 Å². The van der Waals surface area contributed by atoms with Crippen LogP contribution in [0.1, 0.15) is 42.6 Å². The first-order chi connectivity index (χ1) is 17.4. The Labute approximate surface area is 213 Å². The topological polar surface area (TPSA) is 66.0 Å². The zero-order valence-electron chi connectivity index (χ0n) is 21.7. The van der Waals surface area contributed by atoms with Gasteiger partial charge in [-0.05, 0) is 43.6 Å². The lowest BCUT2D eigenvalue weighted by atomic mass is 10.1. The zero-order valence-corrected chi connectivity index (χ0v) is 21.7. The normalized spacial score (nSPS) is 15.5. The van der Waals surface area contributed by atoms with Gasteiger partial charge in [-0.25, -0.2) is 4.98 Å². The quantitative estimate of drug-likeness (QED) is 0.537. The maximum absolute atomic E-state index is 14.1. The lowest BCUT2D eigenvalue weighted by Gasteiger charge is -2.28. The van der Waals surface area contributed by atoms with Crippen LogP contribution in [0, 0.1) is 5.92 Å². The number of rotatable bonds is 4. The highest BCUT2D eigenvalue weighted by Gasteiger charge is 2.25. The maximum atomic E-state index is 14.1. The number of fused-ring (bicyclic) bond motifs is 2. The van der Waals surface area contributed by atoms with Crippen molar-refractivity contribution in [3.8, 4) is 5.88 Å². The summed E-state index contributed by atoms with van der Waals surface area (Å²) >= 11 is 0. The minimum absolute atomic E-state index is 0.0746. The Bertz CT molecular complexity index is 1230. The molecule has 1 aliphatic heterocycles. The molecule has 2 amide bonds. The third-order valence-electron chi connectivity index (χ3n) is 6.62. The average molecular weight is 489 g/mol. The number of para-hydroxylation sites is 2. The van der Waals surface area contributed by atoms with Gasteiger partial charge in [0.2, 0.25) is 11.8 Å². The molecule has 7 nitrogen and oxygen atoms in total. The maximum Gasteiger partial charge on any atom is 0.255 e. The van der Waals surface area contributed by atoms with Crippen molar-refractivity contribution in [2.45, 2.75) is 33.2 Å². The minimum Gasteiger partial charge on any atom is -0.481 e. The molecule has 0 radical (unpaired) electrons.